The van der Waals surface area contributed by atoms with E-state index in [0.29, 0.717) is 16.4 Å². The first-order chi connectivity index (χ1) is 11.6. The highest BCUT2D eigenvalue weighted by atomic mass is 127. The van der Waals surface area contributed by atoms with Crippen LogP contribution in [0.25, 0.3) is 11.4 Å². The zero-order valence-electron chi connectivity index (χ0n) is 13.0. The second-order valence-electron chi connectivity index (χ2n) is 4.93. The summed E-state index contributed by atoms with van der Waals surface area (Å²) in [6.07, 6.45) is 1.49. The molecule has 0 aliphatic rings. The van der Waals surface area contributed by atoms with Crippen LogP contribution in [0.15, 0.2) is 42.0 Å². The summed E-state index contributed by atoms with van der Waals surface area (Å²) in [7, 11) is 3.52. The van der Waals surface area contributed by atoms with Crippen molar-refractivity contribution >= 4 is 50.8 Å². The number of hydrogen-bond acceptors (Lipinski definition) is 6. The number of rotatable bonds is 4. The molecule has 1 N–H and O–H groups in total. The molecule has 0 unspecified atom stereocenters. The number of carbonyl (C=O) groups excluding carboxylic acids is 1. The molecule has 0 aliphatic carbocycles. The van der Waals surface area contributed by atoms with Gasteiger partial charge in [0.15, 0.2) is 5.13 Å². The average molecular weight is 450 g/mol. The first-order valence-corrected chi connectivity index (χ1v) is 9.03. The van der Waals surface area contributed by atoms with E-state index in [9.17, 15) is 4.79 Å². The van der Waals surface area contributed by atoms with Crippen molar-refractivity contribution in [2.24, 2.45) is 0 Å². The molecule has 0 aliphatic heterocycles. The van der Waals surface area contributed by atoms with Crippen LogP contribution < -0.4 is 10.2 Å². The van der Waals surface area contributed by atoms with Gasteiger partial charge in [-0.15, -0.1) is 11.3 Å². The second-order valence-corrected chi connectivity index (χ2v) is 7.01. The van der Waals surface area contributed by atoms with Crippen molar-refractivity contribution in [3.63, 3.8) is 0 Å². The summed E-state index contributed by atoms with van der Waals surface area (Å²) >= 11 is 3.60. The number of nitrogens with one attached hydrogen (secondary N) is 1. The van der Waals surface area contributed by atoms with Gasteiger partial charge in [0.2, 0.25) is 0 Å². The molecule has 0 radical (unpaired) electrons. The summed E-state index contributed by atoms with van der Waals surface area (Å²) in [6.45, 7) is 0. The number of halogens is 1. The molecule has 0 bridgehead atoms. The number of thiazole rings is 1. The van der Waals surface area contributed by atoms with Crippen LogP contribution in [0.3, 0.4) is 0 Å². The highest BCUT2D eigenvalue weighted by Gasteiger charge is 2.17. The minimum absolute atomic E-state index is 0.0898. The lowest BCUT2D eigenvalue weighted by Crippen LogP contribution is -2.26. The maximum Gasteiger partial charge on any atom is 0.259 e. The summed E-state index contributed by atoms with van der Waals surface area (Å²) in [5, 5.41) is 5.48. The molecule has 0 fully saturated rings. The van der Waals surface area contributed by atoms with Gasteiger partial charge in [0, 0.05) is 34.7 Å². The van der Waals surface area contributed by atoms with Crippen molar-refractivity contribution < 1.29 is 4.79 Å². The van der Waals surface area contributed by atoms with E-state index in [1.807, 2.05) is 29.6 Å². The van der Waals surface area contributed by atoms with Crippen LogP contribution in [-0.4, -0.2) is 35.0 Å². The number of aromatic nitrogens is 3. The van der Waals surface area contributed by atoms with Crippen LogP contribution in [0.4, 0.5) is 10.9 Å². The lowest BCUT2D eigenvalue weighted by molar-refractivity contribution is 0.0993. The van der Waals surface area contributed by atoms with Crippen molar-refractivity contribution in [3.8, 4) is 11.4 Å². The van der Waals surface area contributed by atoms with Gasteiger partial charge in [0.25, 0.3) is 5.91 Å². The number of anilines is 2. The summed E-state index contributed by atoms with van der Waals surface area (Å²) in [5.41, 5.74) is 2.07. The van der Waals surface area contributed by atoms with E-state index in [-0.39, 0.29) is 5.91 Å². The summed E-state index contributed by atoms with van der Waals surface area (Å²) < 4.78 is 1.02. The number of carbonyl (C=O) groups is 1. The minimum Gasteiger partial charge on any atom is -0.373 e. The zero-order chi connectivity index (χ0) is 17.1. The molecule has 0 spiro atoms. The summed E-state index contributed by atoms with van der Waals surface area (Å²) in [5.74, 6) is 0.630. The maximum absolute atomic E-state index is 12.6. The van der Waals surface area contributed by atoms with E-state index < -0.39 is 0 Å². The Morgan fingerprint density at radius 3 is 2.83 bits per heavy atom. The SMILES string of the molecule is CNc1cc(-c2csc(N([11CH3])C(=O)c3cccc(I)c3)n2)ncn1. The van der Waals surface area contributed by atoms with E-state index in [0.717, 1.165) is 15.1 Å². The van der Waals surface area contributed by atoms with Crippen LogP contribution in [-0.2, 0) is 0 Å². The third kappa shape index (κ3) is 3.54. The molecule has 6 nitrogen and oxygen atoms in total. The largest absolute Gasteiger partial charge is 0.373 e. The Hall–Kier alpha value is -2.07. The van der Waals surface area contributed by atoms with E-state index >= 15 is 0 Å². The lowest BCUT2D eigenvalue weighted by Gasteiger charge is -2.13. The minimum atomic E-state index is -0.0898. The standard InChI is InChI=1S/C16H14IN5OS/c1-18-14-7-12(19-9-20-14)13-8-24-16(21-13)22(2)15(23)10-4-3-5-11(17)6-10/h3-9H,1-2H3,(H,18,19,20)/i2-1. The maximum atomic E-state index is 12.6. The third-order valence-corrected chi connectivity index (χ3v) is 4.93. The molecular weight excluding hydrogens is 436 g/mol. The fraction of sp³-hybridized carbons (Fsp3) is 0.125. The molecule has 3 aromatic rings. The van der Waals surface area contributed by atoms with E-state index in [2.05, 4.69) is 42.9 Å². The molecule has 2 aromatic heterocycles. The Bertz CT molecular complexity index is 882. The van der Waals surface area contributed by atoms with Gasteiger partial charge in [-0.3, -0.25) is 9.69 Å². The van der Waals surface area contributed by atoms with Gasteiger partial charge >= 0.3 is 0 Å². The first-order valence-electron chi connectivity index (χ1n) is 7.08. The Labute approximate surface area is 157 Å². The van der Waals surface area contributed by atoms with Crippen LogP contribution in [0, 0.1) is 3.57 Å². The smallest absolute Gasteiger partial charge is 0.259 e. The summed E-state index contributed by atoms with van der Waals surface area (Å²) in [4.78, 5) is 27.0. The first kappa shape index (κ1) is 16.8. The Kier molecular flexibility index (Phi) is 5.05. The molecule has 0 saturated carbocycles. The number of hydrogen-bond donors (Lipinski definition) is 1. The Morgan fingerprint density at radius 2 is 2.08 bits per heavy atom. The quantitative estimate of drug-likeness (QED) is 0.616. The van der Waals surface area contributed by atoms with Gasteiger partial charge in [-0.1, -0.05) is 6.07 Å². The van der Waals surface area contributed by atoms with Gasteiger partial charge in [0.05, 0.1) is 5.69 Å². The van der Waals surface area contributed by atoms with E-state index in [1.54, 1.807) is 25.1 Å². The van der Waals surface area contributed by atoms with Gasteiger partial charge in [-0.25, -0.2) is 15.0 Å². The molecule has 8 heteroatoms. The fourth-order valence-electron chi connectivity index (χ4n) is 2.07. The molecule has 2 heterocycles. The number of nitrogens with zero attached hydrogens (tertiary/aromatic N) is 4. The van der Waals surface area contributed by atoms with E-state index in [1.165, 1.54) is 17.7 Å². The predicted octanol–water partition coefficient (Wildman–Crippen LogP) is 3.52. The van der Waals surface area contributed by atoms with Gasteiger partial charge in [0.1, 0.15) is 17.8 Å². The van der Waals surface area contributed by atoms with Gasteiger partial charge in [-0.05, 0) is 40.8 Å². The van der Waals surface area contributed by atoms with E-state index in [4.69, 9.17) is 0 Å². The highest BCUT2D eigenvalue weighted by Crippen LogP contribution is 2.27. The third-order valence-electron chi connectivity index (χ3n) is 3.34. The topological polar surface area (TPSA) is 71.0 Å². The average Bonchev–Trinajstić information content (AvgIpc) is 3.10. The Morgan fingerprint density at radius 1 is 1.25 bits per heavy atom. The molecule has 1 aromatic carbocycles. The van der Waals surface area contributed by atoms with Crippen molar-refractivity contribution in [1.82, 2.24) is 15.0 Å². The number of amides is 1. The second kappa shape index (κ2) is 7.22. The van der Waals surface area contributed by atoms with Crippen molar-refractivity contribution in [2.75, 3.05) is 24.3 Å². The lowest BCUT2D eigenvalue weighted by atomic mass is 10.2. The fourth-order valence-corrected chi connectivity index (χ4v) is 3.40. The Balaban J connectivity index is 1.85. The molecule has 122 valence electrons. The molecular formula is C16H14IN5OS. The molecule has 0 atom stereocenters. The number of benzene rings is 1. The molecule has 0 saturated heterocycles. The van der Waals surface area contributed by atoms with Crippen molar-refractivity contribution in [1.29, 1.82) is 0 Å². The zero-order valence-corrected chi connectivity index (χ0v) is 16.0. The normalized spacial score (nSPS) is 10.5. The van der Waals surface area contributed by atoms with Crippen LogP contribution in [0.1, 0.15) is 10.4 Å². The van der Waals surface area contributed by atoms with Crippen molar-refractivity contribution in [3.05, 3.63) is 51.2 Å². The summed E-state index contributed by atoms with van der Waals surface area (Å²) in [6, 6.07) is 9.31. The molecule has 24 heavy (non-hydrogen) atoms. The van der Waals surface area contributed by atoms with Crippen LogP contribution in [0.5, 0.6) is 0 Å². The molecule has 1 amide bonds. The van der Waals surface area contributed by atoms with Crippen LogP contribution in [0.2, 0.25) is 0 Å². The predicted molar refractivity (Wildman–Crippen MR) is 105 cm³/mol. The van der Waals surface area contributed by atoms with Crippen molar-refractivity contribution in [2.45, 2.75) is 0 Å². The van der Waals surface area contributed by atoms with Gasteiger partial charge in [-0.2, -0.15) is 0 Å². The molecule has 3 rings (SSSR count). The van der Waals surface area contributed by atoms with Crippen LogP contribution >= 0.6 is 33.9 Å². The monoisotopic (exact) mass is 450 g/mol. The van der Waals surface area contributed by atoms with Gasteiger partial charge < -0.3 is 5.32 Å². The highest BCUT2D eigenvalue weighted by molar-refractivity contribution is 14.1.